The molecule has 0 radical (unpaired) electrons. The quantitative estimate of drug-likeness (QED) is 0.341. The van der Waals surface area contributed by atoms with Crippen molar-refractivity contribution in [1.82, 2.24) is 16.0 Å². The van der Waals surface area contributed by atoms with Crippen molar-refractivity contribution in [3.63, 3.8) is 0 Å². The monoisotopic (exact) mass is 388 g/mol. The fraction of sp³-hybridized carbons (Fsp3) is 0.619. The smallest absolute Gasteiger partial charge is 0.223 e. The number of nitrogens with zero attached hydrogens (tertiary/aromatic N) is 1. The van der Waals surface area contributed by atoms with Crippen LogP contribution in [0.25, 0.3) is 0 Å². The number of hydrogen-bond donors (Lipinski definition) is 3. The van der Waals surface area contributed by atoms with Gasteiger partial charge in [0.15, 0.2) is 5.96 Å². The summed E-state index contributed by atoms with van der Waals surface area (Å²) in [7, 11) is 0. The summed E-state index contributed by atoms with van der Waals surface area (Å²) in [5, 5.41) is 9.47. The molecule has 2 fully saturated rings. The molecule has 0 aromatic heterocycles. The number of guanidine groups is 1. The molecule has 1 unspecified atom stereocenters. The Balaban J connectivity index is 1.54. The van der Waals surface area contributed by atoms with E-state index >= 15 is 0 Å². The summed E-state index contributed by atoms with van der Waals surface area (Å²) in [4.78, 5) is 16.4. The van der Waals surface area contributed by atoms with E-state index in [0.717, 1.165) is 55.3 Å². The summed E-state index contributed by atoms with van der Waals surface area (Å²) in [6, 6.07) is 6.22. The largest absolute Gasteiger partial charge is 0.488 e. The number of carbonyl (C=O) groups is 1. The first-order valence-corrected chi connectivity index (χ1v) is 10.3. The van der Waals surface area contributed by atoms with Gasteiger partial charge in [-0.05, 0) is 38.3 Å². The number of benzene rings is 1. The molecule has 7 nitrogen and oxygen atoms in total. The third-order valence-electron chi connectivity index (χ3n) is 4.82. The van der Waals surface area contributed by atoms with Crippen molar-refractivity contribution in [2.24, 2.45) is 10.9 Å². The molecule has 1 aliphatic heterocycles. The first kappa shape index (κ1) is 20.5. The van der Waals surface area contributed by atoms with E-state index in [1.807, 2.05) is 6.92 Å². The van der Waals surface area contributed by atoms with Gasteiger partial charge in [-0.3, -0.25) is 4.79 Å². The molecule has 1 saturated carbocycles. The van der Waals surface area contributed by atoms with Gasteiger partial charge in [0.2, 0.25) is 5.91 Å². The van der Waals surface area contributed by atoms with E-state index in [1.165, 1.54) is 0 Å². The fourth-order valence-corrected chi connectivity index (χ4v) is 3.05. The molecule has 1 saturated heterocycles. The first-order valence-electron chi connectivity index (χ1n) is 10.3. The van der Waals surface area contributed by atoms with Crippen LogP contribution in [0.2, 0.25) is 0 Å². The minimum Gasteiger partial charge on any atom is -0.488 e. The van der Waals surface area contributed by atoms with Crippen molar-refractivity contribution in [3.8, 4) is 5.75 Å². The van der Waals surface area contributed by atoms with Crippen molar-refractivity contribution in [1.29, 1.82) is 0 Å². The Morgan fingerprint density at radius 3 is 2.75 bits per heavy atom. The lowest BCUT2D eigenvalue weighted by Crippen LogP contribution is -2.41. The number of rotatable bonds is 9. The predicted octanol–water partition coefficient (Wildman–Crippen LogP) is 1.74. The topological polar surface area (TPSA) is 84.0 Å². The number of carbonyl (C=O) groups excluding carboxylic acids is 1. The highest BCUT2D eigenvalue weighted by Crippen LogP contribution is 2.28. The highest BCUT2D eigenvalue weighted by molar-refractivity contribution is 5.81. The van der Waals surface area contributed by atoms with Crippen LogP contribution >= 0.6 is 0 Å². The second-order valence-electron chi connectivity index (χ2n) is 7.40. The van der Waals surface area contributed by atoms with Gasteiger partial charge in [-0.15, -0.1) is 0 Å². The lowest BCUT2D eigenvalue weighted by Gasteiger charge is -2.16. The zero-order valence-corrected chi connectivity index (χ0v) is 16.9. The lowest BCUT2D eigenvalue weighted by atomic mass is 10.1. The minimum absolute atomic E-state index is 0.117. The van der Waals surface area contributed by atoms with Crippen LogP contribution in [0.1, 0.15) is 37.3 Å². The molecule has 28 heavy (non-hydrogen) atoms. The van der Waals surface area contributed by atoms with E-state index in [1.54, 1.807) is 0 Å². The van der Waals surface area contributed by atoms with E-state index in [4.69, 9.17) is 9.47 Å². The maximum absolute atomic E-state index is 11.7. The third kappa shape index (κ3) is 6.41. The zero-order chi connectivity index (χ0) is 19.8. The van der Waals surface area contributed by atoms with Crippen LogP contribution in [-0.4, -0.2) is 50.8 Å². The number of ether oxygens (including phenoxy) is 2. The molecule has 3 N–H and O–H groups in total. The van der Waals surface area contributed by atoms with Gasteiger partial charge in [0.25, 0.3) is 0 Å². The lowest BCUT2D eigenvalue weighted by molar-refractivity contribution is -0.122. The van der Waals surface area contributed by atoms with Gasteiger partial charge in [-0.1, -0.05) is 12.1 Å². The highest BCUT2D eigenvalue weighted by atomic mass is 16.5. The fourth-order valence-electron chi connectivity index (χ4n) is 3.05. The Kier molecular flexibility index (Phi) is 7.54. The van der Waals surface area contributed by atoms with E-state index in [9.17, 15) is 4.79 Å². The van der Waals surface area contributed by atoms with Crippen molar-refractivity contribution in [3.05, 3.63) is 29.3 Å². The van der Waals surface area contributed by atoms with Gasteiger partial charge in [-0.25, -0.2) is 4.99 Å². The number of hydrogen-bond acceptors (Lipinski definition) is 4. The van der Waals surface area contributed by atoms with Gasteiger partial charge >= 0.3 is 0 Å². The SMILES string of the molecule is CCNC(=NCc1ccc(C)cc1OC1CCOC1)NCCNC(=O)C1CC1. The average Bonchev–Trinajstić information content (AvgIpc) is 3.42. The first-order chi connectivity index (χ1) is 13.7. The summed E-state index contributed by atoms with van der Waals surface area (Å²) in [5.74, 6) is 2.03. The molecule has 154 valence electrons. The number of aliphatic imine (C=N–C) groups is 1. The van der Waals surface area contributed by atoms with Crippen LogP contribution in [-0.2, 0) is 16.1 Å². The van der Waals surface area contributed by atoms with Gasteiger partial charge < -0.3 is 25.4 Å². The van der Waals surface area contributed by atoms with Gasteiger partial charge in [-0.2, -0.15) is 0 Å². The Bertz CT molecular complexity index is 682. The summed E-state index contributed by atoms with van der Waals surface area (Å²) in [5.41, 5.74) is 2.22. The van der Waals surface area contributed by atoms with E-state index in [0.29, 0.717) is 26.2 Å². The van der Waals surface area contributed by atoms with Crippen LogP contribution in [0, 0.1) is 12.8 Å². The average molecular weight is 389 g/mol. The normalized spacial score (nSPS) is 19.4. The molecular formula is C21H32N4O3. The summed E-state index contributed by atoms with van der Waals surface area (Å²) in [6.45, 7) is 8.04. The summed E-state index contributed by atoms with van der Waals surface area (Å²) < 4.78 is 11.6. The van der Waals surface area contributed by atoms with Crippen LogP contribution in [0.3, 0.4) is 0 Å². The Labute approximate surface area is 167 Å². The van der Waals surface area contributed by atoms with Crippen molar-refractivity contribution in [2.75, 3.05) is 32.8 Å². The molecule has 1 aromatic rings. The van der Waals surface area contributed by atoms with Gasteiger partial charge in [0, 0.05) is 37.5 Å². The van der Waals surface area contributed by atoms with Crippen LogP contribution in [0.4, 0.5) is 0 Å². The van der Waals surface area contributed by atoms with Crippen molar-refractivity contribution >= 4 is 11.9 Å². The number of aryl methyl sites for hydroxylation is 1. The molecule has 1 atom stereocenters. The molecule has 0 spiro atoms. The van der Waals surface area contributed by atoms with Crippen molar-refractivity contribution < 1.29 is 14.3 Å². The molecule has 1 heterocycles. The standard InChI is InChI=1S/C21H32N4O3/c1-3-22-21(24-10-9-23-20(26)16-6-7-16)25-13-17-5-4-15(2)12-19(17)28-18-8-11-27-14-18/h4-5,12,16,18H,3,6-11,13-14H2,1-2H3,(H,23,26)(H2,22,24,25). The summed E-state index contributed by atoms with van der Waals surface area (Å²) in [6.07, 6.45) is 3.09. The molecule has 7 heteroatoms. The van der Waals surface area contributed by atoms with Crippen LogP contribution in [0.15, 0.2) is 23.2 Å². The second-order valence-corrected chi connectivity index (χ2v) is 7.40. The van der Waals surface area contributed by atoms with Gasteiger partial charge in [0.1, 0.15) is 11.9 Å². The summed E-state index contributed by atoms with van der Waals surface area (Å²) >= 11 is 0. The Morgan fingerprint density at radius 2 is 2.04 bits per heavy atom. The zero-order valence-electron chi connectivity index (χ0n) is 16.9. The van der Waals surface area contributed by atoms with Crippen LogP contribution in [0.5, 0.6) is 5.75 Å². The van der Waals surface area contributed by atoms with Gasteiger partial charge in [0.05, 0.1) is 19.8 Å². The van der Waals surface area contributed by atoms with Crippen LogP contribution < -0.4 is 20.7 Å². The Morgan fingerprint density at radius 1 is 1.21 bits per heavy atom. The minimum atomic E-state index is 0.117. The Hall–Kier alpha value is -2.28. The highest BCUT2D eigenvalue weighted by Gasteiger charge is 2.29. The molecule has 3 rings (SSSR count). The molecule has 1 amide bonds. The van der Waals surface area contributed by atoms with E-state index in [2.05, 4.69) is 46.1 Å². The molecule has 2 aliphatic rings. The van der Waals surface area contributed by atoms with Crippen molar-refractivity contribution in [2.45, 2.75) is 45.8 Å². The molecule has 1 aromatic carbocycles. The second kappa shape index (κ2) is 10.3. The maximum Gasteiger partial charge on any atom is 0.223 e. The third-order valence-corrected chi connectivity index (χ3v) is 4.82. The number of nitrogens with one attached hydrogen (secondary N) is 3. The number of amides is 1. The molecular weight excluding hydrogens is 356 g/mol. The molecule has 0 bridgehead atoms. The maximum atomic E-state index is 11.7. The van der Waals surface area contributed by atoms with E-state index < -0.39 is 0 Å². The predicted molar refractivity (Wildman–Crippen MR) is 110 cm³/mol. The van der Waals surface area contributed by atoms with E-state index in [-0.39, 0.29) is 17.9 Å². The molecule has 1 aliphatic carbocycles.